The highest BCUT2D eigenvalue weighted by molar-refractivity contribution is 8.00. The number of esters is 1. The quantitative estimate of drug-likeness (QED) is 0.346. The molecule has 0 bridgehead atoms. The number of rotatable bonds is 5. The molecular weight excluding hydrogens is 414 g/mol. The van der Waals surface area contributed by atoms with E-state index in [0.717, 1.165) is 25.9 Å². The molecule has 1 unspecified atom stereocenters. The molecule has 1 saturated heterocycles. The van der Waals surface area contributed by atoms with Gasteiger partial charge in [-0.25, -0.2) is 9.78 Å². The molecule has 160 valence electrons. The molecule has 2 aromatic carbocycles. The molecule has 4 rings (SSSR count). The molecule has 31 heavy (non-hydrogen) atoms. The van der Waals surface area contributed by atoms with Crippen molar-refractivity contribution < 1.29 is 14.3 Å². The minimum atomic E-state index is -0.497. The normalized spacial score (nSPS) is 14.6. The van der Waals surface area contributed by atoms with Gasteiger partial charge in [0, 0.05) is 13.1 Å². The largest absolute Gasteiger partial charge is 0.465 e. The Morgan fingerprint density at radius 1 is 1.10 bits per heavy atom. The van der Waals surface area contributed by atoms with E-state index in [0.29, 0.717) is 27.3 Å². The average molecular weight is 438 g/mol. The Kier molecular flexibility index (Phi) is 6.08. The number of ether oxygens (including phenoxy) is 1. The van der Waals surface area contributed by atoms with Crippen LogP contribution in [0.3, 0.4) is 0 Å². The molecule has 0 N–H and O–H groups in total. The van der Waals surface area contributed by atoms with Gasteiger partial charge in [0.2, 0.25) is 5.91 Å². The minimum absolute atomic E-state index is 0.0415. The molecule has 1 atom stereocenters. The van der Waals surface area contributed by atoms with Gasteiger partial charge in [-0.05, 0) is 50.1 Å². The van der Waals surface area contributed by atoms with Gasteiger partial charge in [-0.1, -0.05) is 30.0 Å². The van der Waals surface area contributed by atoms with Gasteiger partial charge in [0.15, 0.2) is 5.16 Å². The fourth-order valence-corrected chi connectivity index (χ4v) is 4.71. The van der Waals surface area contributed by atoms with Crippen LogP contribution < -0.4 is 5.56 Å². The summed E-state index contributed by atoms with van der Waals surface area (Å²) < 4.78 is 6.31. The molecule has 1 aliphatic heterocycles. The number of carbonyl (C=O) groups excluding carboxylic acids is 2. The number of thioether (sulfide) groups is 1. The first kappa shape index (κ1) is 21.1. The monoisotopic (exact) mass is 437 g/mol. The number of amides is 1. The molecule has 0 radical (unpaired) electrons. The van der Waals surface area contributed by atoms with Crippen LogP contribution in [-0.4, -0.2) is 51.8 Å². The summed E-state index contributed by atoms with van der Waals surface area (Å²) in [6.45, 7) is 3.37. The standard InChI is InChI=1S/C23H23N3O4S/c1-15(20(27)25-12-6-7-13-25)31-23-24-19-14-16(22(29)30-2)10-11-18(19)21(28)26(23)17-8-4-3-5-9-17/h3-5,8-11,14-15H,6-7,12-13H2,1-2H3. The SMILES string of the molecule is COC(=O)c1ccc2c(=O)n(-c3ccccc3)c(SC(C)C(=O)N3CCCC3)nc2c1. The Hall–Kier alpha value is -3.13. The van der Waals surface area contributed by atoms with Gasteiger partial charge < -0.3 is 9.64 Å². The number of carbonyl (C=O) groups is 2. The summed E-state index contributed by atoms with van der Waals surface area (Å²) in [6.07, 6.45) is 2.03. The van der Waals surface area contributed by atoms with Crippen molar-refractivity contribution in [2.45, 2.75) is 30.2 Å². The van der Waals surface area contributed by atoms with E-state index in [1.165, 1.54) is 23.4 Å². The number of para-hydroxylation sites is 1. The van der Waals surface area contributed by atoms with Gasteiger partial charge in [-0.2, -0.15) is 0 Å². The predicted octanol–water partition coefficient (Wildman–Crippen LogP) is 3.28. The third-order valence-electron chi connectivity index (χ3n) is 5.32. The van der Waals surface area contributed by atoms with E-state index in [1.807, 2.05) is 42.2 Å². The number of hydrogen-bond acceptors (Lipinski definition) is 6. The Morgan fingerprint density at radius 2 is 1.81 bits per heavy atom. The summed E-state index contributed by atoms with van der Waals surface area (Å²) in [5.74, 6) is -0.456. The molecule has 1 aliphatic rings. The number of hydrogen-bond donors (Lipinski definition) is 0. The molecular formula is C23H23N3O4S. The van der Waals surface area contributed by atoms with Crippen LogP contribution in [0.5, 0.6) is 0 Å². The molecule has 0 spiro atoms. The van der Waals surface area contributed by atoms with E-state index in [1.54, 1.807) is 18.2 Å². The number of likely N-dealkylation sites (tertiary alicyclic amines) is 1. The first-order valence-electron chi connectivity index (χ1n) is 10.2. The number of methoxy groups -OCH3 is 1. The molecule has 0 saturated carbocycles. The lowest BCUT2D eigenvalue weighted by Gasteiger charge is -2.21. The number of fused-ring (bicyclic) bond motifs is 1. The Bertz CT molecular complexity index is 1190. The maximum absolute atomic E-state index is 13.4. The summed E-state index contributed by atoms with van der Waals surface area (Å²) in [5.41, 5.74) is 1.12. The fourth-order valence-electron chi connectivity index (χ4n) is 3.70. The van der Waals surface area contributed by atoms with Gasteiger partial charge in [0.25, 0.3) is 5.56 Å². The van der Waals surface area contributed by atoms with Crippen LogP contribution in [0.1, 0.15) is 30.1 Å². The van der Waals surface area contributed by atoms with Crippen molar-refractivity contribution >= 4 is 34.5 Å². The van der Waals surface area contributed by atoms with Crippen LogP contribution in [0, 0.1) is 0 Å². The topological polar surface area (TPSA) is 81.5 Å². The summed E-state index contributed by atoms with van der Waals surface area (Å²) in [7, 11) is 1.31. The molecule has 3 aromatic rings. The Morgan fingerprint density at radius 3 is 2.48 bits per heavy atom. The smallest absolute Gasteiger partial charge is 0.337 e. The molecule has 8 heteroatoms. The molecule has 7 nitrogen and oxygen atoms in total. The molecule has 1 aromatic heterocycles. The van der Waals surface area contributed by atoms with E-state index in [-0.39, 0.29) is 11.5 Å². The fraction of sp³-hybridized carbons (Fsp3) is 0.304. The van der Waals surface area contributed by atoms with Crippen molar-refractivity contribution in [1.82, 2.24) is 14.5 Å². The third-order valence-corrected chi connectivity index (χ3v) is 6.36. The number of benzene rings is 2. The second kappa shape index (κ2) is 8.93. The van der Waals surface area contributed by atoms with Crippen molar-refractivity contribution in [3.05, 3.63) is 64.4 Å². The first-order chi connectivity index (χ1) is 15.0. The zero-order chi connectivity index (χ0) is 22.0. The molecule has 2 heterocycles. The van der Waals surface area contributed by atoms with Crippen LogP contribution in [-0.2, 0) is 9.53 Å². The van der Waals surface area contributed by atoms with Gasteiger partial charge >= 0.3 is 5.97 Å². The number of aromatic nitrogens is 2. The zero-order valence-electron chi connectivity index (χ0n) is 17.4. The second-order valence-corrected chi connectivity index (χ2v) is 8.69. The average Bonchev–Trinajstić information content (AvgIpc) is 3.33. The lowest BCUT2D eigenvalue weighted by molar-refractivity contribution is -0.129. The van der Waals surface area contributed by atoms with Gasteiger partial charge in [0.05, 0.1) is 34.5 Å². The van der Waals surface area contributed by atoms with Crippen LogP contribution in [0.2, 0.25) is 0 Å². The summed E-state index contributed by atoms with van der Waals surface area (Å²) in [6, 6.07) is 13.9. The lowest BCUT2D eigenvalue weighted by atomic mass is 10.1. The van der Waals surface area contributed by atoms with Crippen molar-refractivity contribution in [2.75, 3.05) is 20.2 Å². The van der Waals surface area contributed by atoms with Crippen LogP contribution in [0.15, 0.2) is 58.5 Å². The summed E-state index contributed by atoms with van der Waals surface area (Å²) >= 11 is 1.25. The lowest BCUT2D eigenvalue weighted by Crippen LogP contribution is -2.34. The van der Waals surface area contributed by atoms with Crippen LogP contribution in [0.4, 0.5) is 0 Å². The van der Waals surface area contributed by atoms with Crippen LogP contribution >= 0.6 is 11.8 Å². The van der Waals surface area contributed by atoms with Crippen molar-refractivity contribution in [3.63, 3.8) is 0 Å². The first-order valence-corrected chi connectivity index (χ1v) is 11.0. The Balaban J connectivity index is 1.82. The van der Waals surface area contributed by atoms with Crippen molar-refractivity contribution in [3.8, 4) is 5.69 Å². The molecule has 0 aliphatic carbocycles. The second-order valence-electron chi connectivity index (χ2n) is 7.39. The maximum atomic E-state index is 13.4. The van der Waals surface area contributed by atoms with E-state index in [9.17, 15) is 14.4 Å². The van der Waals surface area contributed by atoms with E-state index < -0.39 is 11.2 Å². The highest BCUT2D eigenvalue weighted by Gasteiger charge is 2.26. The highest BCUT2D eigenvalue weighted by atomic mass is 32.2. The van der Waals surface area contributed by atoms with E-state index in [2.05, 4.69) is 4.98 Å². The number of nitrogens with zero attached hydrogens (tertiary/aromatic N) is 3. The van der Waals surface area contributed by atoms with E-state index in [4.69, 9.17) is 4.74 Å². The van der Waals surface area contributed by atoms with Gasteiger partial charge in [0.1, 0.15) is 0 Å². The summed E-state index contributed by atoms with van der Waals surface area (Å²) in [4.78, 5) is 44.8. The predicted molar refractivity (Wildman–Crippen MR) is 120 cm³/mol. The van der Waals surface area contributed by atoms with Crippen molar-refractivity contribution in [1.29, 1.82) is 0 Å². The Labute approximate surface area is 184 Å². The molecule has 1 amide bonds. The maximum Gasteiger partial charge on any atom is 0.337 e. The van der Waals surface area contributed by atoms with E-state index >= 15 is 0 Å². The van der Waals surface area contributed by atoms with Crippen molar-refractivity contribution in [2.24, 2.45) is 0 Å². The summed E-state index contributed by atoms with van der Waals surface area (Å²) in [5, 5.41) is 0.395. The zero-order valence-corrected chi connectivity index (χ0v) is 18.2. The third kappa shape index (κ3) is 4.20. The molecule has 1 fully saturated rings. The van der Waals surface area contributed by atoms with Gasteiger partial charge in [-0.15, -0.1) is 0 Å². The minimum Gasteiger partial charge on any atom is -0.465 e. The van der Waals surface area contributed by atoms with Crippen LogP contribution in [0.25, 0.3) is 16.6 Å². The highest BCUT2D eigenvalue weighted by Crippen LogP contribution is 2.27. The van der Waals surface area contributed by atoms with Gasteiger partial charge in [-0.3, -0.25) is 14.2 Å².